The molecule has 0 aromatic heterocycles. The average Bonchev–Trinajstić information content (AvgIpc) is 2.68. The van der Waals surface area contributed by atoms with E-state index in [1.165, 1.54) is 4.90 Å². The maximum absolute atomic E-state index is 12.9. The fourth-order valence-corrected chi connectivity index (χ4v) is 2.97. The molecule has 1 aliphatic heterocycles. The van der Waals surface area contributed by atoms with Gasteiger partial charge in [-0.15, -0.1) is 0 Å². The molecule has 1 aromatic rings. The Morgan fingerprint density at radius 3 is 2.36 bits per heavy atom. The van der Waals surface area contributed by atoms with Crippen LogP contribution < -0.4 is 9.47 Å². The lowest BCUT2D eigenvalue weighted by Crippen LogP contribution is -2.43. The average molecular weight is 382 g/mol. The standard InChI is InChI=1S/C22H26N2O4/c1-5-8-11-24-21(25)17(15(4)18(14-23)22(24)26)12-16-9-10-19(27-6-2)20(13-16)28-7-3/h9-10,12-13H,5-8,11H2,1-4H3/b17-12+. The molecule has 0 atom stereocenters. The van der Waals surface area contributed by atoms with Gasteiger partial charge in [0.1, 0.15) is 11.6 Å². The minimum atomic E-state index is -0.516. The maximum Gasteiger partial charge on any atom is 0.271 e. The van der Waals surface area contributed by atoms with E-state index < -0.39 is 5.91 Å². The molecule has 0 unspecified atom stereocenters. The SMILES string of the molecule is CCCCN1C(=O)C(C#N)=C(C)/C(=C\c2ccc(OCC)c(OCC)c2)C1=O. The third-order valence-corrected chi connectivity index (χ3v) is 4.44. The van der Waals surface area contributed by atoms with Crippen molar-refractivity contribution < 1.29 is 19.1 Å². The van der Waals surface area contributed by atoms with E-state index in [2.05, 4.69) is 0 Å². The number of nitrogens with zero attached hydrogens (tertiary/aromatic N) is 2. The highest BCUT2D eigenvalue weighted by Gasteiger charge is 2.34. The molecule has 1 aliphatic rings. The first-order chi connectivity index (χ1) is 13.5. The summed E-state index contributed by atoms with van der Waals surface area (Å²) in [5.41, 5.74) is 1.49. The van der Waals surface area contributed by atoms with Crippen molar-refractivity contribution in [2.45, 2.75) is 40.5 Å². The van der Waals surface area contributed by atoms with Crippen LogP contribution in [0, 0.1) is 11.3 Å². The number of unbranched alkanes of at least 4 members (excludes halogenated alkanes) is 1. The first kappa shape index (κ1) is 21.2. The first-order valence-electron chi connectivity index (χ1n) is 9.57. The summed E-state index contributed by atoms with van der Waals surface area (Å²) in [6.07, 6.45) is 3.23. The van der Waals surface area contributed by atoms with Crippen molar-refractivity contribution in [3.63, 3.8) is 0 Å². The molecular weight excluding hydrogens is 356 g/mol. The zero-order chi connectivity index (χ0) is 20.7. The van der Waals surface area contributed by atoms with Gasteiger partial charge in [-0.2, -0.15) is 5.26 Å². The molecule has 0 fully saturated rings. The van der Waals surface area contributed by atoms with Crippen LogP contribution in [0.4, 0.5) is 0 Å². The van der Waals surface area contributed by atoms with E-state index in [1.807, 2.05) is 32.9 Å². The van der Waals surface area contributed by atoms with Crippen LogP contribution in [-0.4, -0.2) is 36.5 Å². The number of imide groups is 1. The maximum atomic E-state index is 12.9. The lowest BCUT2D eigenvalue weighted by molar-refractivity contribution is -0.140. The Bertz CT molecular complexity index is 862. The summed E-state index contributed by atoms with van der Waals surface area (Å²) in [6, 6.07) is 7.36. The zero-order valence-electron chi connectivity index (χ0n) is 16.9. The summed E-state index contributed by atoms with van der Waals surface area (Å²) < 4.78 is 11.2. The molecule has 6 heteroatoms. The van der Waals surface area contributed by atoms with Crippen LogP contribution >= 0.6 is 0 Å². The van der Waals surface area contributed by atoms with E-state index in [1.54, 1.807) is 25.1 Å². The largest absolute Gasteiger partial charge is 0.490 e. The molecule has 0 N–H and O–H groups in total. The molecule has 6 nitrogen and oxygen atoms in total. The Morgan fingerprint density at radius 2 is 1.75 bits per heavy atom. The smallest absolute Gasteiger partial charge is 0.271 e. The predicted molar refractivity (Wildman–Crippen MR) is 107 cm³/mol. The van der Waals surface area contributed by atoms with Gasteiger partial charge in [0.25, 0.3) is 11.8 Å². The minimum absolute atomic E-state index is 0.0120. The lowest BCUT2D eigenvalue weighted by Gasteiger charge is -2.27. The van der Waals surface area contributed by atoms with Gasteiger partial charge < -0.3 is 9.47 Å². The Morgan fingerprint density at radius 1 is 1.07 bits per heavy atom. The van der Waals surface area contributed by atoms with Crippen molar-refractivity contribution in [2.24, 2.45) is 0 Å². The van der Waals surface area contributed by atoms with E-state index in [9.17, 15) is 14.9 Å². The van der Waals surface area contributed by atoms with Crippen LogP contribution in [-0.2, 0) is 9.59 Å². The minimum Gasteiger partial charge on any atom is -0.490 e. The Kier molecular flexibility index (Phi) is 7.39. The Labute approximate surface area is 166 Å². The third kappa shape index (κ3) is 4.42. The molecule has 0 radical (unpaired) electrons. The third-order valence-electron chi connectivity index (χ3n) is 4.44. The summed E-state index contributed by atoms with van der Waals surface area (Å²) in [7, 11) is 0. The molecule has 1 heterocycles. The zero-order valence-corrected chi connectivity index (χ0v) is 16.9. The summed E-state index contributed by atoms with van der Waals surface area (Å²) >= 11 is 0. The number of amides is 2. The molecule has 148 valence electrons. The molecule has 0 aliphatic carbocycles. The molecule has 0 bridgehead atoms. The summed E-state index contributed by atoms with van der Waals surface area (Å²) in [6.45, 7) is 8.70. The van der Waals surface area contributed by atoms with E-state index in [-0.39, 0.29) is 11.5 Å². The number of hydrogen-bond donors (Lipinski definition) is 0. The van der Waals surface area contributed by atoms with Crippen LogP contribution in [0.3, 0.4) is 0 Å². The normalized spacial score (nSPS) is 15.8. The van der Waals surface area contributed by atoms with E-state index in [4.69, 9.17) is 9.47 Å². The highest BCUT2D eigenvalue weighted by molar-refractivity contribution is 6.19. The molecule has 0 saturated carbocycles. The topological polar surface area (TPSA) is 79.6 Å². The molecular formula is C22H26N2O4. The molecule has 1 aromatic carbocycles. The van der Waals surface area contributed by atoms with Crippen molar-refractivity contribution in [3.05, 3.63) is 40.5 Å². The van der Waals surface area contributed by atoms with Gasteiger partial charge in [-0.05, 0) is 56.5 Å². The first-order valence-corrected chi connectivity index (χ1v) is 9.57. The number of rotatable bonds is 8. The lowest BCUT2D eigenvalue weighted by atomic mass is 9.93. The monoisotopic (exact) mass is 382 g/mol. The Hall–Kier alpha value is -3.07. The van der Waals surface area contributed by atoms with E-state index in [0.717, 1.165) is 12.0 Å². The summed E-state index contributed by atoms with van der Waals surface area (Å²) in [4.78, 5) is 26.6. The van der Waals surface area contributed by atoms with Crippen LogP contribution in [0.25, 0.3) is 6.08 Å². The van der Waals surface area contributed by atoms with Crippen molar-refractivity contribution in [2.75, 3.05) is 19.8 Å². The highest BCUT2D eigenvalue weighted by atomic mass is 16.5. The second kappa shape index (κ2) is 9.75. The van der Waals surface area contributed by atoms with Gasteiger partial charge in [0, 0.05) is 12.1 Å². The fourth-order valence-electron chi connectivity index (χ4n) is 2.97. The summed E-state index contributed by atoms with van der Waals surface area (Å²) in [5, 5.41) is 9.42. The van der Waals surface area contributed by atoms with Crippen LogP contribution in [0.15, 0.2) is 34.9 Å². The van der Waals surface area contributed by atoms with Crippen molar-refractivity contribution in [3.8, 4) is 17.6 Å². The number of carbonyl (C=O) groups is 2. The Balaban J connectivity index is 2.51. The highest BCUT2D eigenvalue weighted by Crippen LogP contribution is 2.32. The van der Waals surface area contributed by atoms with Crippen molar-refractivity contribution >= 4 is 17.9 Å². The van der Waals surface area contributed by atoms with Gasteiger partial charge in [0.05, 0.1) is 13.2 Å². The van der Waals surface area contributed by atoms with Gasteiger partial charge >= 0.3 is 0 Å². The van der Waals surface area contributed by atoms with Crippen LogP contribution in [0.5, 0.6) is 11.5 Å². The quantitative estimate of drug-likeness (QED) is 0.504. The predicted octanol–water partition coefficient (Wildman–Crippen LogP) is 3.88. The molecule has 28 heavy (non-hydrogen) atoms. The second-order valence-electron chi connectivity index (χ2n) is 6.36. The molecule has 0 spiro atoms. The van der Waals surface area contributed by atoms with E-state index in [0.29, 0.717) is 48.8 Å². The fraction of sp³-hybridized carbons (Fsp3) is 0.409. The number of ether oxygens (including phenoxy) is 2. The van der Waals surface area contributed by atoms with Crippen LogP contribution in [0.1, 0.15) is 46.1 Å². The molecule has 0 saturated heterocycles. The molecule has 2 rings (SSSR count). The second-order valence-corrected chi connectivity index (χ2v) is 6.36. The van der Waals surface area contributed by atoms with Crippen LogP contribution in [0.2, 0.25) is 0 Å². The van der Waals surface area contributed by atoms with E-state index >= 15 is 0 Å². The van der Waals surface area contributed by atoms with Crippen molar-refractivity contribution in [1.29, 1.82) is 5.26 Å². The number of benzene rings is 1. The van der Waals surface area contributed by atoms with Gasteiger partial charge in [-0.1, -0.05) is 19.4 Å². The molecule has 2 amide bonds. The van der Waals surface area contributed by atoms with Gasteiger partial charge in [0.2, 0.25) is 0 Å². The van der Waals surface area contributed by atoms with Gasteiger partial charge in [0.15, 0.2) is 11.5 Å². The van der Waals surface area contributed by atoms with Gasteiger partial charge in [-0.25, -0.2) is 0 Å². The van der Waals surface area contributed by atoms with Gasteiger partial charge in [-0.3, -0.25) is 14.5 Å². The summed E-state index contributed by atoms with van der Waals surface area (Å²) in [5.74, 6) is 0.327. The number of hydrogen-bond acceptors (Lipinski definition) is 5. The van der Waals surface area contributed by atoms with Crippen molar-refractivity contribution in [1.82, 2.24) is 4.90 Å². The number of nitriles is 1. The number of carbonyl (C=O) groups excluding carboxylic acids is 2.